The SMILES string of the molecule is COc1ccc(Cl)c(F)c1S. The lowest BCUT2D eigenvalue weighted by atomic mass is 10.3. The Hall–Kier alpha value is -0.410. The zero-order valence-electron chi connectivity index (χ0n) is 5.77. The van der Waals surface area contributed by atoms with Crippen LogP contribution in [0.4, 0.5) is 4.39 Å². The van der Waals surface area contributed by atoms with Crippen molar-refractivity contribution in [3.05, 3.63) is 23.0 Å². The van der Waals surface area contributed by atoms with Crippen LogP contribution >= 0.6 is 24.2 Å². The molecule has 0 fully saturated rings. The molecule has 0 spiro atoms. The quantitative estimate of drug-likeness (QED) is 0.674. The molecule has 0 radical (unpaired) electrons. The molecule has 1 nitrogen and oxygen atoms in total. The molecule has 0 heterocycles. The lowest BCUT2D eigenvalue weighted by Gasteiger charge is -2.04. The Kier molecular flexibility index (Phi) is 2.62. The molecular formula is C7H6ClFOS. The Balaban J connectivity index is 3.25. The molecule has 0 saturated heterocycles. The van der Waals surface area contributed by atoms with Crippen LogP contribution in [0.25, 0.3) is 0 Å². The molecule has 0 amide bonds. The van der Waals surface area contributed by atoms with Gasteiger partial charge in [-0.25, -0.2) is 4.39 Å². The largest absolute Gasteiger partial charge is 0.495 e. The lowest BCUT2D eigenvalue weighted by molar-refractivity contribution is 0.398. The molecule has 0 aliphatic rings. The number of benzene rings is 1. The molecule has 1 rings (SSSR count). The third kappa shape index (κ3) is 1.60. The van der Waals surface area contributed by atoms with Gasteiger partial charge in [0.05, 0.1) is 17.0 Å². The van der Waals surface area contributed by atoms with Crippen LogP contribution in [0.3, 0.4) is 0 Å². The van der Waals surface area contributed by atoms with Crippen molar-refractivity contribution in [2.45, 2.75) is 4.90 Å². The van der Waals surface area contributed by atoms with Gasteiger partial charge in [-0.15, -0.1) is 12.6 Å². The van der Waals surface area contributed by atoms with Gasteiger partial charge in [-0.1, -0.05) is 11.6 Å². The minimum Gasteiger partial charge on any atom is -0.495 e. The van der Waals surface area contributed by atoms with E-state index in [4.69, 9.17) is 16.3 Å². The van der Waals surface area contributed by atoms with Gasteiger partial charge in [0.15, 0.2) is 5.82 Å². The Bertz CT molecular complexity index is 277. The van der Waals surface area contributed by atoms with Gasteiger partial charge in [0, 0.05) is 0 Å². The minimum atomic E-state index is -0.547. The van der Waals surface area contributed by atoms with Gasteiger partial charge < -0.3 is 4.74 Å². The van der Waals surface area contributed by atoms with Crippen LogP contribution in [-0.2, 0) is 0 Å². The van der Waals surface area contributed by atoms with E-state index in [-0.39, 0.29) is 9.92 Å². The van der Waals surface area contributed by atoms with E-state index >= 15 is 0 Å². The smallest absolute Gasteiger partial charge is 0.158 e. The van der Waals surface area contributed by atoms with E-state index in [9.17, 15) is 4.39 Å². The molecule has 0 bridgehead atoms. The summed E-state index contributed by atoms with van der Waals surface area (Å²) < 4.78 is 17.7. The second-order valence-electron chi connectivity index (χ2n) is 1.91. The van der Waals surface area contributed by atoms with Gasteiger partial charge in [-0.05, 0) is 12.1 Å². The first kappa shape index (κ1) is 8.68. The first-order valence-electron chi connectivity index (χ1n) is 2.87. The molecule has 0 unspecified atom stereocenters. The van der Waals surface area contributed by atoms with E-state index in [1.54, 1.807) is 6.07 Å². The van der Waals surface area contributed by atoms with E-state index in [0.29, 0.717) is 5.75 Å². The van der Waals surface area contributed by atoms with Crippen molar-refractivity contribution in [2.24, 2.45) is 0 Å². The number of thiol groups is 1. The Labute approximate surface area is 74.5 Å². The molecule has 11 heavy (non-hydrogen) atoms. The second kappa shape index (κ2) is 3.32. The highest BCUT2D eigenvalue weighted by atomic mass is 35.5. The molecule has 4 heteroatoms. The summed E-state index contributed by atoms with van der Waals surface area (Å²) >= 11 is 9.34. The third-order valence-corrected chi connectivity index (χ3v) is 1.96. The third-order valence-electron chi connectivity index (χ3n) is 1.25. The second-order valence-corrected chi connectivity index (χ2v) is 2.77. The number of methoxy groups -OCH3 is 1. The molecular weight excluding hydrogens is 187 g/mol. The van der Waals surface area contributed by atoms with Crippen molar-refractivity contribution in [1.29, 1.82) is 0 Å². The fourth-order valence-electron chi connectivity index (χ4n) is 0.687. The summed E-state index contributed by atoms with van der Waals surface area (Å²) in [6, 6.07) is 2.99. The number of ether oxygens (including phenoxy) is 1. The van der Waals surface area contributed by atoms with E-state index in [2.05, 4.69) is 12.6 Å². The van der Waals surface area contributed by atoms with Gasteiger partial charge >= 0.3 is 0 Å². The van der Waals surface area contributed by atoms with Crippen molar-refractivity contribution < 1.29 is 9.13 Å². The van der Waals surface area contributed by atoms with Crippen LogP contribution in [0.15, 0.2) is 17.0 Å². The van der Waals surface area contributed by atoms with Gasteiger partial charge in [-0.2, -0.15) is 0 Å². The van der Waals surface area contributed by atoms with Crippen molar-refractivity contribution in [3.63, 3.8) is 0 Å². The Morgan fingerprint density at radius 2 is 2.18 bits per heavy atom. The average Bonchev–Trinajstić information content (AvgIpc) is 2.01. The number of rotatable bonds is 1. The molecule has 0 aliphatic heterocycles. The summed E-state index contributed by atoms with van der Waals surface area (Å²) in [5, 5.41) is 0.0517. The normalized spacial score (nSPS) is 9.82. The maximum absolute atomic E-state index is 12.9. The average molecular weight is 193 g/mol. The summed E-state index contributed by atoms with van der Waals surface area (Å²) in [5.41, 5.74) is 0. The highest BCUT2D eigenvalue weighted by Crippen LogP contribution is 2.29. The van der Waals surface area contributed by atoms with Crippen LogP contribution in [0.2, 0.25) is 5.02 Å². The van der Waals surface area contributed by atoms with Crippen LogP contribution in [0.5, 0.6) is 5.75 Å². The summed E-state index contributed by atoms with van der Waals surface area (Å²) in [5.74, 6) is -0.162. The summed E-state index contributed by atoms with van der Waals surface area (Å²) in [6.45, 7) is 0. The van der Waals surface area contributed by atoms with Gasteiger partial charge in [0.2, 0.25) is 0 Å². The Morgan fingerprint density at radius 1 is 1.55 bits per heavy atom. The van der Waals surface area contributed by atoms with Crippen LogP contribution in [0, 0.1) is 5.82 Å². The first-order chi connectivity index (χ1) is 5.16. The highest BCUT2D eigenvalue weighted by molar-refractivity contribution is 7.80. The molecule has 60 valence electrons. The van der Waals surface area contributed by atoms with E-state index in [1.165, 1.54) is 13.2 Å². The van der Waals surface area contributed by atoms with Crippen molar-refractivity contribution in [2.75, 3.05) is 7.11 Å². The number of hydrogen-bond donors (Lipinski definition) is 1. The van der Waals surface area contributed by atoms with E-state index < -0.39 is 5.82 Å². The van der Waals surface area contributed by atoms with Crippen molar-refractivity contribution >= 4 is 24.2 Å². The zero-order chi connectivity index (χ0) is 8.43. The van der Waals surface area contributed by atoms with Gasteiger partial charge in [0.25, 0.3) is 0 Å². The fourth-order valence-corrected chi connectivity index (χ4v) is 1.20. The monoisotopic (exact) mass is 192 g/mol. The molecule has 0 saturated carbocycles. The van der Waals surface area contributed by atoms with Crippen LogP contribution < -0.4 is 4.74 Å². The van der Waals surface area contributed by atoms with E-state index in [1.807, 2.05) is 0 Å². The van der Waals surface area contributed by atoms with E-state index in [0.717, 1.165) is 0 Å². The standard InChI is InChI=1S/C7H6ClFOS/c1-10-5-3-2-4(8)6(9)7(5)11/h2-3,11H,1H3. The Morgan fingerprint density at radius 3 is 2.73 bits per heavy atom. The number of hydrogen-bond acceptors (Lipinski definition) is 2. The molecule has 1 aromatic rings. The predicted molar refractivity (Wildman–Crippen MR) is 45.2 cm³/mol. The van der Waals surface area contributed by atoms with Crippen molar-refractivity contribution in [1.82, 2.24) is 0 Å². The fraction of sp³-hybridized carbons (Fsp3) is 0.143. The van der Waals surface area contributed by atoms with Crippen molar-refractivity contribution in [3.8, 4) is 5.75 Å². The van der Waals surface area contributed by atoms with Gasteiger partial charge in [-0.3, -0.25) is 0 Å². The minimum absolute atomic E-state index is 0.0517. The number of halogens is 2. The predicted octanol–water partition coefficient (Wildman–Crippen LogP) is 2.78. The maximum Gasteiger partial charge on any atom is 0.158 e. The van der Waals surface area contributed by atoms with Crippen LogP contribution in [0.1, 0.15) is 0 Å². The molecule has 0 atom stereocenters. The maximum atomic E-state index is 12.9. The summed E-state index contributed by atoms with van der Waals surface area (Å²) in [6.07, 6.45) is 0. The molecule has 0 N–H and O–H groups in total. The molecule has 0 aliphatic carbocycles. The summed E-state index contributed by atoms with van der Waals surface area (Å²) in [4.78, 5) is 0.139. The molecule has 1 aromatic carbocycles. The topological polar surface area (TPSA) is 9.23 Å². The van der Waals surface area contributed by atoms with Gasteiger partial charge in [0.1, 0.15) is 5.75 Å². The van der Waals surface area contributed by atoms with Crippen LogP contribution in [-0.4, -0.2) is 7.11 Å². The first-order valence-corrected chi connectivity index (χ1v) is 3.70. The summed E-state index contributed by atoms with van der Waals surface area (Å²) in [7, 11) is 1.45. The molecule has 0 aromatic heterocycles. The highest BCUT2D eigenvalue weighted by Gasteiger charge is 2.08. The lowest BCUT2D eigenvalue weighted by Crippen LogP contribution is -1.88. The zero-order valence-corrected chi connectivity index (χ0v) is 7.42.